The zero-order valence-corrected chi connectivity index (χ0v) is 3.87. The second-order valence-corrected chi connectivity index (χ2v) is 1.28. The highest BCUT2D eigenvalue weighted by atomic mass is 35.5. The van der Waals surface area contributed by atoms with Crippen molar-refractivity contribution in [2.75, 3.05) is 0 Å². The fraction of sp³-hybridized carbons (Fsp3) is 0.333. The van der Waals surface area contributed by atoms with Crippen LogP contribution in [0.15, 0.2) is 0 Å². The molecule has 0 rings (SSSR count). The van der Waals surface area contributed by atoms with E-state index in [1.54, 1.807) is 0 Å². The van der Waals surface area contributed by atoms with Gasteiger partial charge in [-0.1, -0.05) is 0 Å². The molecule has 0 radical (unpaired) electrons. The van der Waals surface area contributed by atoms with Gasteiger partial charge in [-0.3, -0.25) is 0 Å². The summed E-state index contributed by atoms with van der Waals surface area (Å²) in [6.07, 6.45) is 1.99. The Bertz CT molecular complexity index is 53.8. The van der Waals surface area contributed by atoms with Crippen LogP contribution in [0, 0.1) is 10.8 Å². The Morgan fingerprint density at radius 2 is 1.67 bits per heavy atom. The molecule has 0 aromatic carbocycles. The van der Waals surface area contributed by atoms with E-state index in [9.17, 15) is 0 Å². The molecule has 2 N–H and O–H groups in total. The van der Waals surface area contributed by atoms with Crippen molar-refractivity contribution in [3.05, 3.63) is 0 Å². The van der Waals surface area contributed by atoms with Gasteiger partial charge in [0.2, 0.25) is 0 Å². The van der Waals surface area contributed by atoms with Gasteiger partial charge < -0.3 is 10.8 Å². The van der Waals surface area contributed by atoms with E-state index in [2.05, 4.69) is 0 Å². The molecule has 0 aliphatic carbocycles. The lowest BCUT2D eigenvalue weighted by Gasteiger charge is -1.81. The van der Waals surface area contributed by atoms with Crippen LogP contribution >= 0.6 is 11.6 Å². The van der Waals surface area contributed by atoms with Crippen molar-refractivity contribution in [2.24, 2.45) is 0 Å². The van der Waals surface area contributed by atoms with Gasteiger partial charge in [0, 0.05) is 12.4 Å². The lowest BCUT2D eigenvalue weighted by atomic mass is 10.5. The lowest BCUT2D eigenvalue weighted by Crippen LogP contribution is -1.97. The van der Waals surface area contributed by atoms with Gasteiger partial charge in [0.1, 0.15) is 5.38 Å². The molecule has 0 spiro atoms. The molecule has 0 fully saturated rings. The normalized spacial score (nSPS) is 12.8. The highest BCUT2D eigenvalue weighted by molar-refractivity contribution is 6.35. The molecule has 0 atom stereocenters. The summed E-state index contributed by atoms with van der Waals surface area (Å²) < 4.78 is 0. The van der Waals surface area contributed by atoms with Gasteiger partial charge >= 0.3 is 0 Å². The predicted octanol–water partition coefficient (Wildman–Crippen LogP) is 0.893. The van der Waals surface area contributed by atoms with Crippen molar-refractivity contribution in [2.45, 2.75) is 5.38 Å². The van der Waals surface area contributed by atoms with Gasteiger partial charge in [0.05, 0.1) is 0 Å². The first-order chi connectivity index (χ1) is 2.81. The molecule has 0 heterocycles. The minimum atomic E-state index is -0.509. The minimum absolute atomic E-state index is 0.509. The lowest BCUT2D eigenvalue weighted by molar-refractivity contribution is 1.45. The van der Waals surface area contributed by atoms with Crippen LogP contribution in [0.5, 0.6) is 0 Å². The number of hydrogen-bond acceptors (Lipinski definition) is 2. The Labute approximate surface area is 41.1 Å². The van der Waals surface area contributed by atoms with Crippen molar-refractivity contribution in [3.63, 3.8) is 0 Å². The summed E-state index contributed by atoms with van der Waals surface area (Å²) >= 11 is 5.16. The van der Waals surface area contributed by atoms with Crippen molar-refractivity contribution in [3.8, 4) is 0 Å². The average Bonchev–Trinajstić information content (AvgIpc) is 1.65. The van der Waals surface area contributed by atoms with Crippen LogP contribution in [0.3, 0.4) is 0 Å². The summed E-state index contributed by atoms with van der Waals surface area (Å²) in [6.45, 7) is 0. The Kier molecular flexibility index (Phi) is 2.67. The summed E-state index contributed by atoms with van der Waals surface area (Å²) in [5.41, 5.74) is 0. The van der Waals surface area contributed by atoms with Gasteiger partial charge in [-0.15, -0.1) is 11.6 Å². The van der Waals surface area contributed by atoms with E-state index in [1.807, 2.05) is 0 Å². The van der Waals surface area contributed by atoms with Crippen LogP contribution < -0.4 is 0 Å². The van der Waals surface area contributed by atoms with E-state index < -0.39 is 5.38 Å². The third-order valence-corrected chi connectivity index (χ3v) is 0.570. The molecule has 0 amide bonds. The van der Waals surface area contributed by atoms with E-state index >= 15 is 0 Å². The molecule has 0 bridgehead atoms. The van der Waals surface area contributed by atoms with Crippen LogP contribution in [0.25, 0.3) is 0 Å². The zero-order valence-electron chi connectivity index (χ0n) is 3.11. The Morgan fingerprint density at radius 3 is 1.67 bits per heavy atom. The molecular formula is C3H5ClN2. The standard InChI is InChI=1S/C3H5ClN2/c4-3(1-5)2-6/h1-3,5-6H. The molecule has 0 saturated heterocycles. The molecule has 0 unspecified atom stereocenters. The van der Waals surface area contributed by atoms with Gasteiger partial charge in [-0.2, -0.15) is 0 Å². The van der Waals surface area contributed by atoms with Crippen molar-refractivity contribution >= 4 is 24.0 Å². The van der Waals surface area contributed by atoms with Crippen LogP contribution in [-0.4, -0.2) is 17.8 Å². The fourth-order valence-electron chi connectivity index (χ4n) is 0.0481. The van der Waals surface area contributed by atoms with Gasteiger partial charge in [-0.25, -0.2) is 0 Å². The van der Waals surface area contributed by atoms with Crippen LogP contribution in [0.2, 0.25) is 0 Å². The first-order valence-electron chi connectivity index (χ1n) is 1.46. The predicted molar refractivity (Wildman–Crippen MR) is 27.2 cm³/mol. The van der Waals surface area contributed by atoms with Crippen LogP contribution in [0.1, 0.15) is 0 Å². The molecule has 0 aromatic rings. The SMILES string of the molecule is N=CC(Cl)C=N. The molecule has 6 heavy (non-hydrogen) atoms. The number of rotatable bonds is 2. The summed E-state index contributed by atoms with van der Waals surface area (Å²) in [5, 5.41) is 12.3. The van der Waals surface area contributed by atoms with Crippen LogP contribution in [-0.2, 0) is 0 Å². The maximum Gasteiger partial charge on any atom is 0.102 e. The molecule has 0 saturated carbocycles. The molecule has 3 heteroatoms. The maximum atomic E-state index is 6.40. The van der Waals surface area contributed by atoms with Crippen LogP contribution in [0.4, 0.5) is 0 Å². The average molecular weight is 105 g/mol. The zero-order chi connectivity index (χ0) is 4.99. The first kappa shape index (κ1) is 5.63. The molecule has 0 aliphatic heterocycles. The topological polar surface area (TPSA) is 47.7 Å². The maximum absolute atomic E-state index is 6.40. The Hall–Kier alpha value is -0.370. The third kappa shape index (κ3) is 1.91. The van der Waals surface area contributed by atoms with E-state index in [1.165, 1.54) is 0 Å². The highest BCUT2D eigenvalue weighted by Gasteiger charge is 1.86. The fourth-order valence-corrected chi connectivity index (χ4v) is 0.0481. The second-order valence-electron chi connectivity index (χ2n) is 0.778. The smallest absolute Gasteiger partial charge is 0.102 e. The summed E-state index contributed by atoms with van der Waals surface area (Å²) in [5.74, 6) is 0. The molecule has 34 valence electrons. The third-order valence-electron chi connectivity index (χ3n) is 0.318. The van der Waals surface area contributed by atoms with Crippen molar-refractivity contribution < 1.29 is 0 Å². The molecule has 0 aliphatic rings. The number of nitrogens with one attached hydrogen (secondary N) is 2. The number of alkyl halides is 1. The first-order valence-corrected chi connectivity index (χ1v) is 1.90. The largest absolute Gasteiger partial charge is 0.311 e. The van der Waals surface area contributed by atoms with E-state index in [-0.39, 0.29) is 0 Å². The summed E-state index contributed by atoms with van der Waals surface area (Å²) in [6, 6.07) is 0. The second kappa shape index (κ2) is 2.85. The van der Waals surface area contributed by atoms with Crippen molar-refractivity contribution in [1.82, 2.24) is 0 Å². The van der Waals surface area contributed by atoms with E-state index in [0.717, 1.165) is 12.4 Å². The van der Waals surface area contributed by atoms with Gasteiger partial charge in [0.25, 0.3) is 0 Å². The van der Waals surface area contributed by atoms with E-state index in [0.29, 0.717) is 0 Å². The monoisotopic (exact) mass is 104 g/mol. The Morgan fingerprint density at radius 1 is 1.33 bits per heavy atom. The van der Waals surface area contributed by atoms with Gasteiger partial charge in [-0.05, 0) is 0 Å². The highest BCUT2D eigenvalue weighted by Crippen LogP contribution is 1.81. The Balaban J connectivity index is 3.21. The number of halogens is 1. The number of hydrogen-bond donors (Lipinski definition) is 2. The van der Waals surface area contributed by atoms with Gasteiger partial charge in [0.15, 0.2) is 0 Å². The molecule has 0 aromatic heterocycles. The van der Waals surface area contributed by atoms with Crippen molar-refractivity contribution in [1.29, 1.82) is 10.8 Å². The van der Waals surface area contributed by atoms with E-state index in [4.69, 9.17) is 22.4 Å². The summed E-state index contributed by atoms with van der Waals surface area (Å²) in [4.78, 5) is 0. The minimum Gasteiger partial charge on any atom is -0.311 e. The quantitative estimate of drug-likeness (QED) is 0.386. The molecule has 2 nitrogen and oxygen atoms in total. The summed E-state index contributed by atoms with van der Waals surface area (Å²) in [7, 11) is 0. The molecular weight excluding hydrogens is 99.5 g/mol.